The zero-order valence-electron chi connectivity index (χ0n) is 9.03. The topological polar surface area (TPSA) is 67.2 Å². The lowest BCUT2D eigenvalue weighted by Crippen LogP contribution is -2.22. The number of furan rings is 1. The molecule has 0 atom stereocenters. The molecule has 17 heavy (non-hydrogen) atoms. The van der Waals surface area contributed by atoms with Gasteiger partial charge in [0.05, 0.1) is 12.0 Å². The van der Waals surface area contributed by atoms with Crippen molar-refractivity contribution < 1.29 is 9.21 Å². The molecule has 2 aromatic heterocycles. The molecular formula is C11H11N3O2S. The quantitative estimate of drug-likeness (QED) is 0.849. The molecule has 1 aliphatic heterocycles. The minimum absolute atomic E-state index is 0.256. The molecule has 0 aliphatic carbocycles. The summed E-state index contributed by atoms with van der Waals surface area (Å²) in [4.78, 5) is 17.3. The van der Waals surface area contributed by atoms with Crippen LogP contribution in [0.3, 0.4) is 0 Å². The van der Waals surface area contributed by atoms with E-state index in [1.165, 1.54) is 22.5 Å². The van der Waals surface area contributed by atoms with E-state index in [9.17, 15) is 4.79 Å². The van der Waals surface area contributed by atoms with Gasteiger partial charge in [-0.05, 0) is 12.1 Å². The summed E-state index contributed by atoms with van der Waals surface area (Å²) in [5.74, 6) is 0.0466. The van der Waals surface area contributed by atoms with Crippen LogP contribution in [0.25, 0.3) is 0 Å². The van der Waals surface area contributed by atoms with Gasteiger partial charge in [-0.3, -0.25) is 10.1 Å². The van der Waals surface area contributed by atoms with Crippen molar-refractivity contribution in [1.82, 2.24) is 10.3 Å². The van der Waals surface area contributed by atoms with Crippen molar-refractivity contribution in [2.45, 2.75) is 13.0 Å². The molecule has 3 heterocycles. The number of amides is 1. The van der Waals surface area contributed by atoms with E-state index in [1.54, 1.807) is 12.1 Å². The van der Waals surface area contributed by atoms with Gasteiger partial charge in [0, 0.05) is 24.4 Å². The van der Waals surface area contributed by atoms with Crippen molar-refractivity contribution in [2.24, 2.45) is 0 Å². The van der Waals surface area contributed by atoms with E-state index in [2.05, 4.69) is 15.6 Å². The molecule has 6 heteroatoms. The van der Waals surface area contributed by atoms with Crippen LogP contribution >= 0.6 is 11.3 Å². The largest absolute Gasteiger partial charge is 0.459 e. The van der Waals surface area contributed by atoms with Gasteiger partial charge in [-0.1, -0.05) is 0 Å². The zero-order valence-corrected chi connectivity index (χ0v) is 9.84. The van der Waals surface area contributed by atoms with Gasteiger partial charge in [0.25, 0.3) is 5.91 Å². The number of thiazole rings is 1. The Labute approximate surface area is 102 Å². The molecule has 0 aromatic carbocycles. The average Bonchev–Trinajstić information content (AvgIpc) is 2.97. The summed E-state index contributed by atoms with van der Waals surface area (Å²) >= 11 is 1.51. The van der Waals surface area contributed by atoms with Gasteiger partial charge in [0.1, 0.15) is 0 Å². The average molecular weight is 249 g/mol. The monoisotopic (exact) mass is 249 g/mol. The van der Waals surface area contributed by atoms with Gasteiger partial charge in [-0.25, -0.2) is 4.98 Å². The molecule has 3 rings (SSSR count). The molecule has 2 aromatic rings. The van der Waals surface area contributed by atoms with E-state index < -0.39 is 0 Å². The van der Waals surface area contributed by atoms with Crippen molar-refractivity contribution in [3.63, 3.8) is 0 Å². The van der Waals surface area contributed by atoms with Crippen molar-refractivity contribution in [2.75, 3.05) is 11.9 Å². The molecule has 0 fully saturated rings. The summed E-state index contributed by atoms with van der Waals surface area (Å²) < 4.78 is 5.02. The lowest BCUT2D eigenvalue weighted by Gasteiger charge is -2.09. The molecule has 0 radical (unpaired) electrons. The van der Waals surface area contributed by atoms with Crippen molar-refractivity contribution >= 4 is 22.4 Å². The fourth-order valence-electron chi connectivity index (χ4n) is 1.75. The maximum atomic E-state index is 11.7. The highest BCUT2D eigenvalue weighted by Crippen LogP contribution is 2.25. The highest BCUT2D eigenvalue weighted by Gasteiger charge is 2.17. The molecular weight excluding hydrogens is 238 g/mol. The molecule has 0 spiro atoms. The first-order valence-electron chi connectivity index (χ1n) is 5.37. The van der Waals surface area contributed by atoms with Gasteiger partial charge in [-0.2, -0.15) is 0 Å². The third-order valence-corrected chi connectivity index (χ3v) is 3.58. The fraction of sp³-hybridized carbons (Fsp3) is 0.273. The molecule has 1 amide bonds. The maximum Gasteiger partial charge on any atom is 0.293 e. The number of nitrogens with zero attached hydrogens (tertiary/aromatic N) is 1. The standard InChI is InChI=1S/C11H11N3O2S/c15-10(8-2-1-5-16-8)14-11-13-7-3-4-12-6-9(7)17-11/h1-2,5,12H,3-4,6H2,(H,13,14,15). The number of hydrogen-bond acceptors (Lipinski definition) is 5. The van der Waals surface area contributed by atoms with Crippen molar-refractivity contribution in [3.8, 4) is 0 Å². The van der Waals surface area contributed by atoms with Crippen LogP contribution in [0.2, 0.25) is 0 Å². The SMILES string of the molecule is O=C(Nc1nc2c(s1)CNCC2)c1ccco1. The Bertz CT molecular complexity index is 509. The minimum Gasteiger partial charge on any atom is -0.459 e. The van der Waals surface area contributed by atoms with Crippen molar-refractivity contribution in [1.29, 1.82) is 0 Å². The minimum atomic E-state index is -0.256. The Morgan fingerprint density at radius 3 is 3.29 bits per heavy atom. The number of hydrogen-bond donors (Lipinski definition) is 2. The van der Waals surface area contributed by atoms with Crippen LogP contribution in [0.15, 0.2) is 22.8 Å². The van der Waals surface area contributed by atoms with Crippen LogP contribution in [0.5, 0.6) is 0 Å². The smallest absolute Gasteiger partial charge is 0.293 e. The lowest BCUT2D eigenvalue weighted by molar-refractivity contribution is 0.0996. The molecule has 88 valence electrons. The molecule has 0 unspecified atom stereocenters. The zero-order chi connectivity index (χ0) is 11.7. The lowest BCUT2D eigenvalue weighted by atomic mass is 10.2. The molecule has 0 bridgehead atoms. The summed E-state index contributed by atoms with van der Waals surface area (Å²) in [5.41, 5.74) is 1.09. The number of fused-ring (bicyclic) bond motifs is 1. The third-order valence-electron chi connectivity index (χ3n) is 2.57. The molecule has 2 N–H and O–H groups in total. The summed E-state index contributed by atoms with van der Waals surface area (Å²) in [6.07, 6.45) is 2.40. The van der Waals surface area contributed by atoms with Crippen LogP contribution in [-0.4, -0.2) is 17.4 Å². The van der Waals surface area contributed by atoms with Gasteiger partial charge < -0.3 is 9.73 Å². The summed E-state index contributed by atoms with van der Waals surface area (Å²) in [7, 11) is 0. The number of carbonyl (C=O) groups is 1. The van der Waals surface area contributed by atoms with Gasteiger partial charge in [-0.15, -0.1) is 11.3 Å². The predicted molar refractivity (Wildman–Crippen MR) is 64.2 cm³/mol. The molecule has 5 nitrogen and oxygen atoms in total. The summed E-state index contributed by atoms with van der Waals surface area (Å²) in [5, 5.41) is 6.66. The second kappa shape index (κ2) is 4.31. The number of rotatable bonds is 2. The van der Waals surface area contributed by atoms with Gasteiger partial charge in [0.15, 0.2) is 10.9 Å². The number of carbonyl (C=O) groups excluding carboxylic acids is 1. The Balaban J connectivity index is 1.77. The number of nitrogens with one attached hydrogen (secondary N) is 2. The van der Waals surface area contributed by atoms with Crippen LogP contribution in [0, 0.1) is 0 Å². The van der Waals surface area contributed by atoms with Gasteiger partial charge in [0.2, 0.25) is 0 Å². The maximum absolute atomic E-state index is 11.7. The van der Waals surface area contributed by atoms with E-state index in [1.807, 2.05) is 0 Å². The molecule has 0 saturated heterocycles. The number of anilines is 1. The second-order valence-electron chi connectivity index (χ2n) is 3.75. The predicted octanol–water partition coefficient (Wildman–Crippen LogP) is 1.63. The van der Waals surface area contributed by atoms with Crippen LogP contribution in [0.4, 0.5) is 5.13 Å². The second-order valence-corrected chi connectivity index (χ2v) is 4.83. The van der Waals surface area contributed by atoms with Crippen LogP contribution in [-0.2, 0) is 13.0 Å². The first-order chi connectivity index (χ1) is 8.33. The third kappa shape index (κ3) is 2.09. The van der Waals surface area contributed by atoms with E-state index in [0.717, 1.165) is 25.2 Å². The van der Waals surface area contributed by atoms with Crippen molar-refractivity contribution in [3.05, 3.63) is 34.7 Å². The van der Waals surface area contributed by atoms with Crippen LogP contribution < -0.4 is 10.6 Å². The van der Waals surface area contributed by atoms with E-state index in [0.29, 0.717) is 10.9 Å². The first kappa shape index (κ1) is 10.5. The Morgan fingerprint density at radius 1 is 1.59 bits per heavy atom. The molecule has 0 saturated carbocycles. The van der Waals surface area contributed by atoms with E-state index in [-0.39, 0.29) is 5.91 Å². The molecule has 1 aliphatic rings. The summed E-state index contributed by atoms with van der Waals surface area (Å²) in [6.45, 7) is 1.78. The highest BCUT2D eigenvalue weighted by molar-refractivity contribution is 7.15. The number of aromatic nitrogens is 1. The Hall–Kier alpha value is -1.66. The van der Waals surface area contributed by atoms with Gasteiger partial charge >= 0.3 is 0 Å². The Morgan fingerprint density at radius 2 is 2.53 bits per heavy atom. The normalized spacial score (nSPS) is 14.4. The Kier molecular flexibility index (Phi) is 2.66. The summed E-state index contributed by atoms with van der Waals surface area (Å²) in [6, 6.07) is 3.32. The fourth-order valence-corrected chi connectivity index (χ4v) is 2.72. The van der Waals surface area contributed by atoms with E-state index >= 15 is 0 Å². The van der Waals surface area contributed by atoms with E-state index in [4.69, 9.17) is 4.42 Å². The first-order valence-corrected chi connectivity index (χ1v) is 6.19. The van der Waals surface area contributed by atoms with Crippen LogP contribution in [0.1, 0.15) is 21.1 Å². The highest BCUT2D eigenvalue weighted by atomic mass is 32.1.